The van der Waals surface area contributed by atoms with Gasteiger partial charge in [0.05, 0.1) is 12.6 Å². The van der Waals surface area contributed by atoms with E-state index in [4.69, 9.17) is 4.74 Å². The summed E-state index contributed by atoms with van der Waals surface area (Å²) in [5.41, 5.74) is -0.000900. The summed E-state index contributed by atoms with van der Waals surface area (Å²) < 4.78 is 36.9. The first-order valence-corrected chi connectivity index (χ1v) is 10.1. The van der Waals surface area contributed by atoms with Gasteiger partial charge in [-0.2, -0.15) is 0 Å². The number of esters is 1. The molecule has 2 aliphatic rings. The Morgan fingerprint density at radius 3 is 2.63 bits per heavy atom. The monoisotopic (exact) mass is 394 g/mol. The largest absolute Gasteiger partial charge is 0.465 e. The number of sulfonamides is 1. The van der Waals surface area contributed by atoms with Crippen molar-refractivity contribution >= 4 is 22.1 Å². The van der Waals surface area contributed by atoms with Gasteiger partial charge >= 0.3 is 12.1 Å². The molecule has 1 saturated heterocycles. The molecule has 8 nitrogen and oxygen atoms in total. The summed E-state index contributed by atoms with van der Waals surface area (Å²) in [7, 11) is -2.78. The highest BCUT2D eigenvalue weighted by Crippen LogP contribution is 2.36. The molecule has 1 N–H and O–H groups in total. The summed E-state index contributed by atoms with van der Waals surface area (Å²) in [4.78, 5) is 25.3. The van der Waals surface area contributed by atoms with E-state index in [9.17, 15) is 18.0 Å². The highest BCUT2D eigenvalue weighted by molar-refractivity contribution is 7.94. The van der Waals surface area contributed by atoms with Crippen molar-refractivity contribution in [1.29, 1.82) is 0 Å². The summed E-state index contributed by atoms with van der Waals surface area (Å²) in [5, 5.41) is 0. The average Bonchev–Trinajstić information content (AvgIpc) is 2.90. The van der Waals surface area contributed by atoms with Gasteiger partial charge in [-0.1, -0.05) is 30.3 Å². The predicted octanol–water partition coefficient (Wildman–Crippen LogP) is 1.54. The van der Waals surface area contributed by atoms with E-state index in [2.05, 4.69) is 9.46 Å². The molecule has 1 spiro atoms. The minimum atomic E-state index is -3.91. The molecule has 0 bridgehead atoms. The third kappa shape index (κ3) is 3.98. The molecule has 9 heteroatoms. The molecule has 0 unspecified atom stereocenters. The third-order valence-corrected chi connectivity index (χ3v) is 6.39. The number of nitrogens with one attached hydrogen (secondary N) is 1. The fraction of sp³-hybridized carbons (Fsp3) is 0.444. The number of nitrogens with zero attached hydrogens (tertiary/aromatic N) is 1. The van der Waals surface area contributed by atoms with Gasteiger partial charge < -0.3 is 14.4 Å². The summed E-state index contributed by atoms with van der Waals surface area (Å²) >= 11 is 0. The molecule has 1 amide bonds. The second-order valence-corrected chi connectivity index (χ2v) is 8.45. The SMILES string of the molecule is COC(=O)C1=C[C@]2(CCN(C(=O)OCc3ccccc3)[C@@H](C)C2)NS1(=O)=O. The van der Waals surface area contributed by atoms with Gasteiger partial charge in [-0.15, -0.1) is 0 Å². The van der Waals surface area contributed by atoms with Crippen LogP contribution in [0.5, 0.6) is 0 Å². The molecule has 0 aromatic heterocycles. The van der Waals surface area contributed by atoms with Crippen molar-refractivity contribution in [2.75, 3.05) is 13.7 Å². The number of amides is 1. The van der Waals surface area contributed by atoms with E-state index < -0.39 is 27.6 Å². The van der Waals surface area contributed by atoms with Crippen LogP contribution in [0.2, 0.25) is 0 Å². The van der Waals surface area contributed by atoms with Gasteiger partial charge in [-0.05, 0) is 31.4 Å². The highest BCUT2D eigenvalue weighted by atomic mass is 32.2. The number of rotatable bonds is 3. The van der Waals surface area contributed by atoms with Crippen LogP contribution in [0.3, 0.4) is 0 Å². The summed E-state index contributed by atoms with van der Waals surface area (Å²) in [6.07, 6.45) is 1.65. The lowest BCUT2D eigenvalue weighted by Gasteiger charge is -2.41. The van der Waals surface area contributed by atoms with Gasteiger partial charge in [-0.3, -0.25) is 0 Å². The number of likely N-dealkylation sites (tertiary alicyclic amines) is 1. The molecular weight excluding hydrogens is 372 g/mol. The van der Waals surface area contributed by atoms with E-state index >= 15 is 0 Å². The Balaban J connectivity index is 1.66. The predicted molar refractivity (Wildman–Crippen MR) is 96.9 cm³/mol. The lowest BCUT2D eigenvalue weighted by molar-refractivity contribution is -0.135. The van der Waals surface area contributed by atoms with Crippen LogP contribution in [0.4, 0.5) is 4.79 Å². The molecule has 2 aliphatic heterocycles. The van der Waals surface area contributed by atoms with E-state index in [1.165, 1.54) is 6.08 Å². The second kappa shape index (κ2) is 7.32. The van der Waals surface area contributed by atoms with Crippen molar-refractivity contribution in [2.45, 2.75) is 38.0 Å². The summed E-state index contributed by atoms with van der Waals surface area (Å²) in [6, 6.07) is 9.10. The maximum absolute atomic E-state index is 12.4. The molecule has 1 aromatic rings. The standard InChI is InChI=1S/C18H22N2O6S/c1-13-10-18(11-15(16(21)25-2)27(23,24)19-18)8-9-20(13)17(22)26-12-14-6-4-3-5-7-14/h3-7,11,13,19H,8-10,12H2,1-2H3/t13-,18+/m0/s1. The number of hydrogen-bond acceptors (Lipinski definition) is 6. The van der Waals surface area contributed by atoms with Crippen molar-refractivity contribution in [3.63, 3.8) is 0 Å². The molecule has 0 saturated carbocycles. The van der Waals surface area contributed by atoms with Crippen LogP contribution in [0.1, 0.15) is 25.3 Å². The van der Waals surface area contributed by atoms with E-state index in [0.717, 1.165) is 12.7 Å². The van der Waals surface area contributed by atoms with Gasteiger partial charge in [0.1, 0.15) is 6.61 Å². The number of piperidine rings is 1. The molecule has 1 fully saturated rings. The van der Waals surface area contributed by atoms with Crippen molar-refractivity contribution in [1.82, 2.24) is 9.62 Å². The zero-order chi connectivity index (χ0) is 19.7. The normalized spacial score (nSPS) is 26.5. The Kier molecular flexibility index (Phi) is 5.25. The number of carbonyl (C=O) groups is 2. The Hall–Kier alpha value is -2.39. The molecule has 27 heavy (non-hydrogen) atoms. The van der Waals surface area contributed by atoms with E-state index in [-0.39, 0.29) is 17.6 Å². The van der Waals surface area contributed by atoms with Gasteiger partial charge in [0.2, 0.25) is 10.0 Å². The van der Waals surface area contributed by atoms with Crippen molar-refractivity contribution in [3.05, 3.63) is 46.9 Å². The number of benzene rings is 1. The van der Waals surface area contributed by atoms with Crippen LogP contribution in [0, 0.1) is 0 Å². The molecular formula is C18H22N2O6S. The first-order chi connectivity index (χ1) is 12.8. The number of methoxy groups -OCH3 is 1. The average molecular weight is 394 g/mol. The van der Waals surface area contributed by atoms with Gasteiger partial charge in [0.25, 0.3) is 0 Å². The van der Waals surface area contributed by atoms with Crippen molar-refractivity contribution < 1.29 is 27.5 Å². The Labute approximate surface area is 158 Å². The van der Waals surface area contributed by atoms with E-state index in [0.29, 0.717) is 19.4 Å². The maximum Gasteiger partial charge on any atom is 0.410 e. The maximum atomic E-state index is 12.4. The zero-order valence-electron chi connectivity index (χ0n) is 15.2. The van der Waals surface area contributed by atoms with Gasteiger partial charge in [-0.25, -0.2) is 22.7 Å². The van der Waals surface area contributed by atoms with Crippen LogP contribution >= 0.6 is 0 Å². The molecule has 146 valence electrons. The number of carbonyl (C=O) groups excluding carboxylic acids is 2. The molecule has 2 heterocycles. The Morgan fingerprint density at radius 1 is 1.30 bits per heavy atom. The lowest BCUT2D eigenvalue weighted by Crippen LogP contribution is -2.55. The zero-order valence-corrected chi connectivity index (χ0v) is 16.0. The van der Waals surface area contributed by atoms with E-state index in [1.807, 2.05) is 37.3 Å². The highest BCUT2D eigenvalue weighted by Gasteiger charge is 2.48. The lowest BCUT2D eigenvalue weighted by atomic mass is 9.84. The van der Waals surface area contributed by atoms with Crippen LogP contribution in [0.25, 0.3) is 0 Å². The third-order valence-electron chi connectivity index (χ3n) is 4.85. The first-order valence-electron chi connectivity index (χ1n) is 8.59. The number of hydrogen-bond donors (Lipinski definition) is 1. The Bertz CT molecular complexity index is 867. The van der Waals surface area contributed by atoms with Gasteiger partial charge in [0.15, 0.2) is 4.91 Å². The van der Waals surface area contributed by atoms with Gasteiger partial charge in [0, 0.05) is 12.6 Å². The van der Waals surface area contributed by atoms with Crippen LogP contribution in [-0.2, 0) is 30.9 Å². The summed E-state index contributed by atoms with van der Waals surface area (Å²) in [6.45, 7) is 2.30. The van der Waals surface area contributed by atoms with Crippen LogP contribution in [0.15, 0.2) is 41.3 Å². The molecule has 1 aromatic carbocycles. The van der Waals surface area contributed by atoms with E-state index in [1.54, 1.807) is 4.90 Å². The first kappa shape index (κ1) is 19.4. The second-order valence-electron chi connectivity index (χ2n) is 6.80. The fourth-order valence-electron chi connectivity index (χ4n) is 3.53. The minimum absolute atomic E-state index is 0.174. The van der Waals surface area contributed by atoms with Crippen molar-refractivity contribution in [2.24, 2.45) is 0 Å². The molecule has 0 radical (unpaired) electrons. The quantitative estimate of drug-likeness (QED) is 0.780. The Morgan fingerprint density at radius 2 is 2.00 bits per heavy atom. The number of ether oxygens (including phenoxy) is 2. The van der Waals surface area contributed by atoms with Crippen LogP contribution < -0.4 is 4.72 Å². The molecule has 2 atom stereocenters. The van der Waals surface area contributed by atoms with Crippen LogP contribution in [-0.4, -0.2) is 50.6 Å². The summed E-state index contributed by atoms with van der Waals surface area (Å²) in [5.74, 6) is -0.892. The fourth-order valence-corrected chi connectivity index (χ4v) is 5.10. The van der Waals surface area contributed by atoms with Crippen molar-refractivity contribution in [3.8, 4) is 0 Å². The smallest absolute Gasteiger partial charge is 0.410 e. The topological polar surface area (TPSA) is 102 Å². The minimum Gasteiger partial charge on any atom is -0.465 e. The molecule has 3 rings (SSSR count). The molecule has 0 aliphatic carbocycles.